The van der Waals surface area contributed by atoms with Crippen LogP contribution in [0.25, 0.3) is 0 Å². The van der Waals surface area contributed by atoms with Crippen LogP contribution < -0.4 is 5.32 Å². The Kier molecular flexibility index (Phi) is 3.40. The Bertz CT molecular complexity index is 572. The molecule has 1 aromatic rings. The molecule has 2 bridgehead atoms. The van der Waals surface area contributed by atoms with Crippen molar-refractivity contribution >= 4 is 11.6 Å². The Morgan fingerprint density at radius 1 is 1.38 bits per heavy atom. The fourth-order valence-electron chi connectivity index (χ4n) is 3.47. The molecule has 2 N–H and O–H groups in total. The van der Waals surface area contributed by atoms with Gasteiger partial charge in [0, 0.05) is 25.2 Å². The average molecular weight is 293 g/mol. The van der Waals surface area contributed by atoms with Gasteiger partial charge in [0.2, 0.25) is 5.69 Å². The van der Waals surface area contributed by atoms with Crippen molar-refractivity contribution in [2.75, 3.05) is 7.05 Å². The van der Waals surface area contributed by atoms with Crippen LogP contribution in [0.15, 0.2) is 0 Å². The van der Waals surface area contributed by atoms with E-state index in [0.29, 0.717) is 17.8 Å². The van der Waals surface area contributed by atoms with E-state index in [2.05, 4.69) is 15.5 Å². The summed E-state index contributed by atoms with van der Waals surface area (Å²) in [6.45, 7) is 1.55. The summed E-state index contributed by atoms with van der Waals surface area (Å²) in [4.78, 5) is 24.7. The van der Waals surface area contributed by atoms with Crippen LogP contribution in [0.3, 0.4) is 0 Å². The van der Waals surface area contributed by atoms with E-state index in [9.17, 15) is 14.9 Å². The maximum atomic E-state index is 12.5. The minimum Gasteiger partial charge on any atom is -0.337 e. The van der Waals surface area contributed by atoms with Crippen molar-refractivity contribution in [1.82, 2.24) is 20.4 Å². The molecule has 2 aliphatic heterocycles. The molecule has 2 atom stereocenters. The molecule has 1 amide bonds. The highest BCUT2D eigenvalue weighted by Gasteiger charge is 2.38. The largest absolute Gasteiger partial charge is 0.337 e. The summed E-state index contributed by atoms with van der Waals surface area (Å²) in [5, 5.41) is 21.0. The second-order valence-corrected chi connectivity index (χ2v) is 5.98. The van der Waals surface area contributed by atoms with Crippen molar-refractivity contribution in [2.45, 2.75) is 50.7 Å². The van der Waals surface area contributed by atoms with Crippen LogP contribution in [-0.4, -0.2) is 51.1 Å². The minimum atomic E-state index is -0.550. The van der Waals surface area contributed by atoms with E-state index in [1.807, 2.05) is 0 Å². The van der Waals surface area contributed by atoms with Gasteiger partial charge >= 0.3 is 5.69 Å². The van der Waals surface area contributed by atoms with Crippen LogP contribution in [0.1, 0.15) is 41.9 Å². The summed E-state index contributed by atoms with van der Waals surface area (Å²) in [5.41, 5.74) is -0.00299. The number of hydrogen-bond acceptors (Lipinski definition) is 5. The first-order valence-electron chi connectivity index (χ1n) is 7.20. The number of carbonyl (C=O) groups is 1. The molecular formula is C13H19N5O3. The molecule has 0 aromatic carbocycles. The summed E-state index contributed by atoms with van der Waals surface area (Å²) in [5.74, 6) is -0.377. The molecule has 2 unspecified atom stereocenters. The molecule has 8 nitrogen and oxygen atoms in total. The number of fused-ring (bicyclic) bond motifs is 2. The molecule has 2 aliphatic rings. The number of aryl methyl sites for hydroxylation is 1. The van der Waals surface area contributed by atoms with Gasteiger partial charge in [-0.15, -0.1) is 0 Å². The van der Waals surface area contributed by atoms with Crippen LogP contribution in [0.5, 0.6) is 0 Å². The van der Waals surface area contributed by atoms with Gasteiger partial charge < -0.3 is 10.2 Å². The van der Waals surface area contributed by atoms with Crippen molar-refractivity contribution in [3.63, 3.8) is 0 Å². The van der Waals surface area contributed by atoms with E-state index >= 15 is 0 Å². The second-order valence-electron chi connectivity index (χ2n) is 5.98. The zero-order valence-electron chi connectivity index (χ0n) is 12.1. The lowest BCUT2D eigenvalue weighted by atomic mass is 9.98. The highest BCUT2D eigenvalue weighted by atomic mass is 16.6. The molecule has 2 fully saturated rings. The summed E-state index contributed by atoms with van der Waals surface area (Å²) < 4.78 is 0. The quantitative estimate of drug-likeness (QED) is 0.638. The number of rotatable bonds is 3. The predicted octanol–water partition coefficient (Wildman–Crippen LogP) is 0.981. The summed E-state index contributed by atoms with van der Waals surface area (Å²) >= 11 is 0. The molecule has 0 spiro atoms. The molecule has 0 radical (unpaired) electrons. The van der Waals surface area contributed by atoms with Gasteiger partial charge in [-0.2, -0.15) is 5.10 Å². The van der Waals surface area contributed by atoms with E-state index in [-0.39, 0.29) is 23.3 Å². The molecule has 2 saturated heterocycles. The molecular weight excluding hydrogens is 274 g/mol. The molecule has 0 aliphatic carbocycles. The Balaban J connectivity index is 1.80. The van der Waals surface area contributed by atoms with E-state index in [1.54, 1.807) is 18.9 Å². The van der Waals surface area contributed by atoms with Gasteiger partial charge in [0.15, 0.2) is 0 Å². The average Bonchev–Trinajstić information content (AvgIpc) is 2.99. The van der Waals surface area contributed by atoms with Gasteiger partial charge in [-0.1, -0.05) is 0 Å². The third kappa shape index (κ3) is 2.39. The molecule has 3 heterocycles. The fourth-order valence-corrected chi connectivity index (χ4v) is 3.47. The monoisotopic (exact) mass is 293 g/mol. The number of nitrogens with one attached hydrogen (secondary N) is 2. The van der Waals surface area contributed by atoms with Crippen LogP contribution in [-0.2, 0) is 0 Å². The van der Waals surface area contributed by atoms with Gasteiger partial charge in [-0.3, -0.25) is 20.0 Å². The van der Waals surface area contributed by atoms with E-state index in [0.717, 1.165) is 25.7 Å². The highest BCUT2D eigenvalue weighted by Crippen LogP contribution is 2.30. The predicted molar refractivity (Wildman–Crippen MR) is 75.0 cm³/mol. The lowest BCUT2D eigenvalue weighted by Gasteiger charge is -2.35. The fraction of sp³-hybridized carbons (Fsp3) is 0.692. The Morgan fingerprint density at radius 3 is 2.57 bits per heavy atom. The number of carbonyl (C=O) groups excluding carboxylic acids is 1. The van der Waals surface area contributed by atoms with Gasteiger partial charge in [0.05, 0.1) is 4.92 Å². The Labute approximate surface area is 122 Å². The number of piperidine rings is 1. The first kappa shape index (κ1) is 14.0. The zero-order chi connectivity index (χ0) is 15.1. The SMILES string of the molecule is Cc1[nH]nc(C(=O)N(C)C2CC3CCC(C2)N3)c1[N+](=O)[O-]. The first-order valence-corrected chi connectivity index (χ1v) is 7.20. The summed E-state index contributed by atoms with van der Waals surface area (Å²) in [6.07, 6.45) is 4.08. The molecule has 1 aromatic heterocycles. The summed E-state index contributed by atoms with van der Waals surface area (Å²) in [6, 6.07) is 1.03. The standard InChI is InChI=1S/C13H19N5O3/c1-7-12(18(20)21)11(16-15-7)13(19)17(2)10-5-8-3-4-9(6-10)14-8/h8-10,14H,3-6H2,1-2H3,(H,15,16). The number of nitro groups is 1. The number of aromatic amines is 1. The maximum absolute atomic E-state index is 12.5. The smallest absolute Gasteiger partial charge is 0.322 e. The Hall–Kier alpha value is -1.96. The topological polar surface area (TPSA) is 104 Å². The van der Waals surface area contributed by atoms with E-state index in [1.165, 1.54) is 0 Å². The lowest BCUT2D eigenvalue weighted by molar-refractivity contribution is -0.385. The molecule has 21 heavy (non-hydrogen) atoms. The van der Waals surface area contributed by atoms with Crippen molar-refractivity contribution in [3.8, 4) is 0 Å². The van der Waals surface area contributed by atoms with Crippen molar-refractivity contribution in [2.24, 2.45) is 0 Å². The number of nitrogens with zero attached hydrogens (tertiary/aromatic N) is 3. The lowest BCUT2D eigenvalue weighted by Crippen LogP contribution is -2.48. The van der Waals surface area contributed by atoms with Gasteiger partial charge in [0.25, 0.3) is 5.91 Å². The van der Waals surface area contributed by atoms with Crippen molar-refractivity contribution < 1.29 is 9.72 Å². The van der Waals surface area contributed by atoms with E-state index < -0.39 is 4.92 Å². The van der Waals surface area contributed by atoms with Crippen LogP contribution in [0.2, 0.25) is 0 Å². The zero-order valence-corrected chi connectivity index (χ0v) is 12.1. The third-order valence-electron chi connectivity index (χ3n) is 4.62. The minimum absolute atomic E-state index is 0.0918. The number of aromatic nitrogens is 2. The van der Waals surface area contributed by atoms with E-state index in [4.69, 9.17) is 0 Å². The van der Waals surface area contributed by atoms with Crippen molar-refractivity contribution in [1.29, 1.82) is 0 Å². The van der Waals surface area contributed by atoms with Gasteiger partial charge in [-0.25, -0.2) is 0 Å². The normalized spacial score (nSPS) is 27.6. The van der Waals surface area contributed by atoms with Crippen molar-refractivity contribution in [3.05, 3.63) is 21.5 Å². The van der Waals surface area contributed by atoms with Crippen LogP contribution in [0, 0.1) is 17.0 Å². The maximum Gasteiger partial charge on any atom is 0.322 e. The molecule has 3 rings (SSSR count). The highest BCUT2D eigenvalue weighted by molar-refractivity contribution is 5.96. The molecule has 8 heteroatoms. The number of hydrogen-bond donors (Lipinski definition) is 2. The number of amides is 1. The molecule has 0 saturated carbocycles. The van der Waals surface area contributed by atoms with Gasteiger partial charge in [-0.05, 0) is 32.6 Å². The van der Waals surface area contributed by atoms with Crippen LogP contribution in [0.4, 0.5) is 5.69 Å². The second kappa shape index (κ2) is 5.10. The van der Waals surface area contributed by atoms with Crippen LogP contribution >= 0.6 is 0 Å². The van der Waals surface area contributed by atoms with Gasteiger partial charge in [0.1, 0.15) is 5.69 Å². The number of H-pyrrole nitrogens is 1. The molecule has 114 valence electrons. The first-order chi connectivity index (χ1) is 9.97. The third-order valence-corrected chi connectivity index (χ3v) is 4.62. The summed E-state index contributed by atoms with van der Waals surface area (Å²) in [7, 11) is 1.71. The Morgan fingerprint density at radius 2 is 2.00 bits per heavy atom.